The van der Waals surface area contributed by atoms with E-state index >= 15 is 0 Å². The van der Waals surface area contributed by atoms with Crippen molar-refractivity contribution in [1.82, 2.24) is 4.90 Å². The van der Waals surface area contributed by atoms with Crippen LogP contribution >= 0.6 is 22.6 Å². The Hall–Kier alpha value is -1.31. The van der Waals surface area contributed by atoms with Gasteiger partial charge in [-0.05, 0) is 59.5 Å². The molecular weight excluding hydrogens is 397 g/mol. The van der Waals surface area contributed by atoms with Crippen molar-refractivity contribution in [2.75, 3.05) is 26.3 Å². The Morgan fingerprint density at radius 3 is 2.91 bits per heavy atom. The van der Waals surface area contributed by atoms with Crippen molar-refractivity contribution < 1.29 is 19.1 Å². The molecule has 118 valence electrons. The number of nitrogens with zero attached hydrogens (tertiary/aromatic N) is 1. The second kappa shape index (κ2) is 6.44. The standard InChI is InChI=1S/C16H18INO4/c1-2-21-16(20)18-6-3-10-9-12(17)15-14(11(10)4-7-18)13(19)5-8-22-15/h9H,2-8H2,1H3. The number of hydrogen-bond donors (Lipinski definition) is 0. The molecule has 2 aliphatic rings. The zero-order chi connectivity index (χ0) is 15.7. The Morgan fingerprint density at radius 2 is 2.14 bits per heavy atom. The summed E-state index contributed by atoms with van der Waals surface area (Å²) >= 11 is 2.22. The van der Waals surface area contributed by atoms with E-state index < -0.39 is 0 Å². The van der Waals surface area contributed by atoms with E-state index in [-0.39, 0.29) is 11.9 Å². The lowest BCUT2D eigenvalue weighted by Gasteiger charge is -2.22. The van der Waals surface area contributed by atoms with E-state index in [1.165, 1.54) is 0 Å². The van der Waals surface area contributed by atoms with Crippen LogP contribution in [0.1, 0.15) is 34.8 Å². The van der Waals surface area contributed by atoms with Crippen molar-refractivity contribution >= 4 is 34.5 Å². The minimum absolute atomic E-state index is 0.153. The zero-order valence-corrected chi connectivity index (χ0v) is 14.6. The third-order valence-corrected chi connectivity index (χ3v) is 4.90. The fourth-order valence-corrected chi connectivity index (χ4v) is 3.85. The Labute approximate surface area is 143 Å². The molecule has 22 heavy (non-hydrogen) atoms. The molecule has 0 bridgehead atoms. The molecule has 2 aliphatic heterocycles. The first-order chi connectivity index (χ1) is 10.6. The Balaban J connectivity index is 1.94. The highest BCUT2D eigenvalue weighted by atomic mass is 127. The lowest BCUT2D eigenvalue weighted by molar-refractivity contribution is 0.0931. The van der Waals surface area contributed by atoms with Gasteiger partial charge < -0.3 is 14.4 Å². The molecule has 5 nitrogen and oxygen atoms in total. The lowest BCUT2D eigenvalue weighted by Crippen LogP contribution is -2.33. The molecule has 3 rings (SSSR count). The summed E-state index contributed by atoms with van der Waals surface area (Å²) in [7, 11) is 0. The summed E-state index contributed by atoms with van der Waals surface area (Å²) in [6, 6.07) is 2.09. The van der Waals surface area contributed by atoms with Gasteiger partial charge in [0.15, 0.2) is 5.78 Å². The molecule has 1 amide bonds. The molecule has 0 spiro atoms. The van der Waals surface area contributed by atoms with Crippen LogP contribution < -0.4 is 4.74 Å². The van der Waals surface area contributed by atoms with E-state index in [1.807, 2.05) is 0 Å². The summed E-state index contributed by atoms with van der Waals surface area (Å²) < 4.78 is 11.8. The number of Topliss-reactive ketones (excluding diaryl/α,β-unsaturated/α-hetero) is 1. The molecule has 1 aromatic rings. The second-order valence-electron chi connectivity index (χ2n) is 5.41. The van der Waals surface area contributed by atoms with Gasteiger partial charge in [0, 0.05) is 19.5 Å². The van der Waals surface area contributed by atoms with Crippen LogP contribution in [0.25, 0.3) is 0 Å². The van der Waals surface area contributed by atoms with Crippen molar-refractivity contribution in [2.45, 2.75) is 26.2 Å². The van der Waals surface area contributed by atoms with Crippen LogP contribution in [0.2, 0.25) is 0 Å². The van der Waals surface area contributed by atoms with Gasteiger partial charge in [-0.25, -0.2) is 4.79 Å². The van der Waals surface area contributed by atoms with E-state index in [0.717, 1.165) is 32.4 Å². The molecule has 6 heteroatoms. The van der Waals surface area contributed by atoms with E-state index in [1.54, 1.807) is 11.8 Å². The lowest BCUT2D eigenvalue weighted by atomic mass is 9.92. The number of hydrogen-bond acceptors (Lipinski definition) is 4. The predicted octanol–water partition coefficient (Wildman–Crippen LogP) is 2.81. The number of fused-ring (bicyclic) bond motifs is 3. The Bertz CT molecular complexity index is 629. The van der Waals surface area contributed by atoms with Crippen molar-refractivity contribution in [1.29, 1.82) is 0 Å². The molecular formula is C16H18INO4. The van der Waals surface area contributed by atoms with Gasteiger partial charge in [0.25, 0.3) is 0 Å². The summed E-state index contributed by atoms with van der Waals surface area (Å²) in [5.41, 5.74) is 2.93. The van der Waals surface area contributed by atoms with Crippen LogP contribution in [0.3, 0.4) is 0 Å². The van der Waals surface area contributed by atoms with Crippen molar-refractivity contribution in [3.05, 3.63) is 26.3 Å². The Morgan fingerprint density at radius 1 is 1.36 bits per heavy atom. The molecule has 0 unspecified atom stereocenters. The quantitative estimate of drug-likeness (QED) is 0.663. The van der Waals surface area contributed by atoms with Crippen LogP contribution in [-0.4, -0.2) is 43.1 Å². The van der Waals surface area contributed by atoms with Gasteiger partial charge >= 0.3 is 6.09 Å². The number of amides is 1. The van der Waals surface area contributed by atoms with Gasteiger partial charge in [0.2, 0.25) is 0 Å². The average molecular weight is 415 g/mol. The summed E-state index contributed by atoms with van der Waals surface area (Å²) in [4.78, 5) is 26.0. The van der Waals surface area contributed by atoms with Gasteiger partial charge in [0.05, 0.1) is 22.3 Å². The molecule has 0 fully saturated rings. The van der Waals surface area contributed by atoms with Crippen LogP contribution in [0.15, 0.2) is 6.07 Å². The van der Waals surface area contributed by atoms with Gasteiger partial charge in [-0.1, -0.05) is 0 Å². The Kier molecular flexibility index (Phi) is 4.56. The third kappa shape index (κ3) is 2.80. The minimum atomic E-state index is -0.276. The van der Waals surface area contributed by atoms with Crippen LogP contribution in [0.4, 0.5) is 4.79 Å². The number of ether oxygens (including phenoxy) is 2. The van der Waals surface area contributed by atoms with Crippen LogP contribution in [0, 0.1) is 3.57 Å². The fraction of sp³-hybridized carbons (Fsp3) is 0.500. The third-order valence-electron chi connectivity index (χ3n) is 4.10. The largest absolute Gasteiger partial charge is 0.491 e. The van der Waals surface area contributed by atoms with Crippen LogP contribution in [-0.2, 0) is 17.6 Å². The summed E-state index contributed by atoms with van der Waals surface area (Å²) in [5.74, 6) is 0.876. The normalized spacial score (nSPS) is 17.2. The SMILES string of the molecule is CCOC(=O)N1CCc2cc(I)c3c(c2CC1)C(=O)CCO3. The highest BCUT2D eigenvalue weighted by Gasteiger charge is 2.29. The van der Waals surface area contributed by atoms with Crippen LogP contribution in [0.5, 0.6) is 5.75 Å². The molecule has 0 N–H and O–H groups in total. The topological polar surface area (TPSA) is 55.8 Å². The molecule has 0 aromatic heterocycles. The number of carbonyl (C=O) groups is 2. The van der Waals surface area contributed by atoms with E-state index in [0.29, 0.717) is 39.1 Å². The van der Waals surface area contributed by atoms with E-state index in [4.69, 9.17) is 9.47 Å². The first-order valence-electron chi connectivity index (χ1n) is 7.53. The number of ketones is 1. The maximum absolute atomic E-state index is 12.4. The van der Waals surface area contributed by atoms with Gasteiger partial charge in [-0.15, -0.1) is 0 Å². The first kappa shape index (κ1) is 15.6. The number of rotatable bonds is 1. The number of benzene rings is 1. The maximum Gasteiger partial charge on any atom is 0.409 e. The highest BCUT2D eigenvalue weighted by molar-refractivity contribution is 14.1. The number of carbonyl (C=O) groups excluding carboxylic acids is 2. The summed E-state index contributed by atoms with van der Waals surface area (Å²) in [6.45, 7) is 3.83. The van der Waals surface area contributed by atoms with Crippen molar-refractivity contribution in [3.8, 4) is 5.75 Å². The molecule has 0 saturated heterocycles. The summed E-state index contributed by atoms with van der Waals surface area (Å²) in [6.07, 6.45) is 1.57. The molecule has 0 aliphatic carbocycles. The molecule has 2 heterocycles. The minimum Gasteiger partial charge on any atom is -0.491 e. The maximum atomic E-state index is 12.4. The molecule has 0 radical (unpaired) electrons. The summed E-state index contributed by atoms with van der Waals surface area (Å²) in [5, 5.41) is 0. The van der Waals surface area contributed by atoms with E-state index in [2.05, 4.69) is 28.7 Å². The average Bonchev–Trinajstić information content (AvgIpc) is 2.70. The molecule has 0 atom stereocenters. The highest BCUT2D eigenvalue weighted by Crippen LogP contribution is 2.36. The number of halogens is 1. The molecule has 0 saturated carbocycles. The second-order valence-corrected chi connectivity index (χ2v) is 6.57. The van der Waals surface area contributed by atoms with Gasteiger partial charge in [-0.3, -0.25) is 4.79 Å². The van der Waals surface area contributed by atoms with E-state index in [9.17, 15) is 9.59 Å². The van der Waals surface area contributed by atoms with Gasteiger partial charge in [-0.2, -0.15) is 0 Å². The predicted molar refractivity (Wildman–Crippen MR) is 89.6 cm³/mol. The van der Waals surface area contributed by atoms with Crippen molar-refractivity contribution in [2.24, 2.45) is 0 Å². The van der Waals surface area contributed by atoms with Gasteiger partial charge in [0.1, 0.15) is 5.75 Å². The monoisotopic (exact) mass is 415 g/mol. The zero-order valence-electron chi connectivity index (χ0n) is 12.5. The first-order valence-corrected chi connectivity index (χ1v) is 8.61. The fourth-order valence-electron chi connectivity index (χ4n) is 3.05. The molecule has 1 aromatic carbocycles. The smallest absolute Gasteiger partial charge is 0.409 e. The van der Waals surface area contributed by atoms with Crippen molar-refractivity contribution in [3.63, 3.8) is 0 Å².